The number of anilines is 1. The van der Waals surface area contributed by atoms with Gasteiger partial charge in [-0.2, -0.15) is 0 Å². The number of morpholine rings is 1. The van der Waals surface area contributed by atoms with E-state index in [0.717, 1.165) is 5.75 Å². The second kappa shape index (κ2) is 11.2. The van der Waals surface area contributed by atoms with Crippen LogP contribution in [0.3, 0.4) is 0 Å². The molecule has 1 aliphatic rings. The molecule has 4 rings (SSSR count). The first kappa shape index (κ1) is 22.4. The molecule has 0 spiro atoms. The van der Waals surface area contributed by atoms with Crippen LogP contribution >= 0.6 is 0 Å². The lowest BCUT2D eigenvalue weighted by atomic mass is 10.1. The number of carbonyl (C=O) groups excluding carboxylic acids is 2. The lowest BCUT2D eigenvalue weighted by molar-refractivity contribution is 0.0303. The van der Waals surface area contributed by atoms with Gasteiger partial charge in [0.1, 0.15) is 24.7 Å². The lowest BCUT2D eigenvalue weighted by Gasteiger charge is -2.27. The molecular formula is C26H26N2O5. The van der Waals surface area contributed by atoms with E-state index in [-0.39, 0.29) is 11.8 Å². The van der Waals surface area contributed by atoms with E-state index in [9.17, 15) is 9.59 Å². The van der Waals surface area contributed by atoms with Gasteiger partial charge in [0.2, 0.25) is 0 Å². The number of amides is 2. The van der Waals surface area contributed by atoms with E-state index in [1.165, 1.54) is 0 Å². The number of para-hydroxylation sites is 2. The monoisotopic (exact) mass is 446 g/mol. The van der Waals surface area contributed by atoms with Crippen LogP contribution in [-0.4, -0.2) is 56.2 Å². The highest BCUT2D eigenvalue weighted by Gasteiger charge is 2.21. The van der Waals surface area contributed by atoms with E-state index in [0.29, 0.717) is 62.1 Å². The molecule has 170 valence electrons. The van der Waals surface area contributed by atoms with Crippen LogP contribution < -0.4 is 14.8 Å². The number of ether oxygens (including phenoxy) is 3. The molecular weight excluding hydrogens is 420 g/mol. The topological polar surface area (TPSA) is 77.1 Å². The Morgan fingerprint density at radius 3 is 2.09 bits per heavy atom. The maximum absolute atomic E-state index is 12.9. The van der Waals surface area contributed by atoms with Gasteiger partial charge in [-0.3, -0.25) is 9.59 Å². The van der Waals surface area contributed by atoms with Crippen LogP contribution in [-0.2, 0) is 4.74 Å². The van der Waals surface area contributed by atoms with Gasteiger partial charge in [-0.05, 0) is 48.5 Å². The van der Waals surface area contributed by atoms with Crippen molar-refractivity contribution >= 4 is 17.5 Å². The molecule has 2 amide bonds. The standard InChI is InChI=1S/C26H26N2O5/c29-25(27-24-9-5-4-8-23(24)26(30)28-14-16-31-17-15-28)20-10-12-22(13-11-20)33-19-18-32-21-6-2-1-3-7-21/h1-13H,14-19H2,(H,27,29). The molecule has 1 heterocycles. The molecule has 0 radical (unpaired) electrons. The van der Waals surface area contributed by atoms with E-state index in [4.69, 9.17) is 14.2 Å². The Kier molecular flexibility index (Phi) is 7.56. The molecule has 0 atom stereocenters. The van der Waals surface area contributed by atoms with Gasteiger partial charge in [0.25, 0.3) is 11.8 Å². The number of rotatable bonds is 8. The largest absolute Gasteiger partial charge is 0.490 e. The first-order valence-electron chi connectivity index (χ1n) is 10.9. The average Bonchev–Trinajstić information content (AvgIpc) is 2.88. The number of carbonyl (C=O) groups is 2. The van der Waals surface area contributed by atoms with E-state index in [1.807, 2.05) is 30.3 Å². The van der Waals surface area contributed by atoms with Crippen molar-refractivity contribution in [2.45, 2.75) is 0 Å². The minimum absolute atomic E-state index is 0.115. The maximum Gasteiger partial charge on any atom is 0.256 e. The summed E-state index contributed by atoms with van der Waals surface area (Å²) in [6.07, 6.45) is 0. The Balaban J connectivity index is 1.32. The minimum Gasteiger partial charge on any atom is -0.490 e. The third kappa shape index (κ3) is 6.11. The first-order valence-corrected chi connectivity index (χ1v) is 10.9. The Morgan fingerprint density at radius 2 is 1.39 bits per heavy atom. The predicted molar refractivity (Wildman–Crippen MR) is 125 cm³/mol. The maximum atomic E-state index is 12.9. The summed E-state index contributed by atoms with van der Waals surface area (Å²) >= 11 is 0. The zero-order valence-corrected chi connectivity index (χ0v) is 18.2. The molecule has 1 aliphatic heterocycles. The fraction of sp³-hybridized carbons (Fsp3) is 0.231. The fourth-order valence-corrected chi connectivity index (χ4v) is 3.45. The Hall–Kier alpha value is -3.84. The number of nitrogens with zero attached hydrogens (tertiary/aromatic N) is 1. The molecule has 0 unspecified atom stereocenters. The van der Waals surface area contributed by atoms with Crippen molar-refractivity contribution in [1.29, 1.82) is 0 Å². The van der Waals surface area contributed by atoms with Crippen molar-refractivity contribution in [3.63, 3.8) is 0 Å². The van der Waals surface area contributed by atoms with E-state index >= 15 is 0 Å². The Bertz CT molecular complexity index is 1060. The van der Waals surface area contributed by atoms with Crippen molar-refractivity contribution in [3.05, 3.63) is 90.0 Å². The van der Waals surface area contributed by atoms with Crippen LogP contribution in [0.5, 0.6) is 11.5 Å². The van der Waals surface area contributed by atoms with Crippen LogP contribution in [0.2, 0.25) is 0 Å². The zero-order valence-electron chi connectivity index (χ0n) is 18.2. The fourth-order valence-electron chi connectivity index (χ4n) is 3.45. The van der Waals surface area contributed by atoms with Crippen LogP contribution in [0.1, 0.15) is 20.7 Å². The molecule has 0 aliphatic carbocycles. The van der Waals surface area contributed by atoms with E-state index in [2.05, 4.69) is 5.32 Å². The summed E-state index contributed by atoms with van der Waals surface area (Å²) in [4.78, 5) is 27.4. The van der Waals surface area contributed by atoms with Crippen molar-refractivity contribution in [3.8, 4) is 11.5 Å². The molecule has 0 bridgehead atoms. The molecule has 7 heteroatoms. The van der Waals surface area contributed by atoms with Gasteiger partial charge in [-0.1, -0.05) is 30.3 Å². The molecule has 3 aromatic rings. The summed E-state index contributed by atoms with van der Waals surface area (Å²) in [5.74, 6) is 1.03. The van der Waals surface area contributed by atoms with Crippen LogP contribution in [0, 0.1) is 0 Å². The highest BCUT2D eigenvalue weighted by Crippen LogP contribution is 2.20. The van der Waals surface area contributed by atoms with Gasteiger partial charge in [0.15, 0.2) is 0 Å². The van der Waals surface area contributed by atoms with Gasteiger partial charge in [0.05, 0.1) is 24.5 Å². The van der Waals surface area contributed by atoms with Gasteiger partial charge < -0.3 is 24.4 Å². The summed E-state index contributed by atoms with van der Waals surface area (Å²) < 4.78 is 16.6. The summed E-state index contributed by atoms with van der Waals surface area (Å²) in [7, 11) is 0. The Morgan fingerprint density at radius 1 is 0.788 bits per heavy atom. The summed E-state index contributed by atoms with van der Waals surface area (Å²) in [6.45, 7) is 2.93. The summed E-state index contributed by atoms with van der Waals surface area (Å²) in [6, 6.07) is 23.4. The minimum atomic E-state index is -0.295. The van der Waals surface area contributed by atoms with Gasteiger partial charge in [-0.15, -0.1) is 0 Å². The predicted octanol–water partition coefficient (Wildman–Crippen LogP) is 3.87. The van der Waals surface area contributed by atoms with E-state index < -0.39 is 0 Å². The second-order valence-electron chi connectivity index (χ2n) is 7.44. The molecule has 3 aromatic carbocycles. The van der Waals surface area contributed by atoms with E-state index in [1.54, 1.807) is 53.4 Å². The molecule has 0 saturated carbocycles. The smallest absolute Gasteiger partial charge is 0.256 e. The average molecular weight is 447 g/mol. The quantitative estimate of drug-likeness (QED) is 0.532. The molecule has 7 nitrogen and oxygen atoms in total. The van der Waals surface area contributed by atoms with Crippen molar-refractivity contribution in [2.75, 3.05) is 44.8 Å². The van der Waals surface area contributed by atoms with Gasteiger partial charge in [-0.25, -0.2) is 0 Å². The highest BCUT2D eigenvalue weighted by molar-refractivity contribution is 6.09. The number of hydrogen-bond acceptors (Lipinski definition) is 5. The number of hydrogen-bond donors (Lipinski definition) is 1. The Labute approximate surface area is 192 Å². The lowest BCUT2D eigenvalue weighted by Crippen LogP contribution is -2.41. The molecule has 0 aromatic heterocycles. The van der Waals surface area contributed by atoms with Crippen molar-refractivity contribution in [1.82, 2.24) is 4.90 Å². The van der Waals surface area contributed by atoms with Crippen molar-refractivity contribution < 1.29 is 23.8 Å². The van der Waals surface area contributed by atoms with Gasteiger partial charge in [0, 0.05) is 18.7 Å². The summed E-state index contributed by atoms with van der Waals surface area (Å²) in [5.41, 5.74) is 1.42. The zero-order chi connectivity index (χ0) is 22.9. The third-order valence-corrected chi connectivity index (χ3v) is 5.18. The van der Waals surface area contributed by atoms with Crippen LogP contribution in [0.4, 0.5) is 5.69 Å². The molecule has 1 fully saturated rings. The van der Waals surface area contributed by atoms with Crippen LogP contribution in [0.25, 0.3) is 0 Å². The highest BCUT2D eigenvalue weighted by atomic mass is 16.5. The normalized spacial score (nSPS) is 13.3. The SMILES string of the molecule is O=C(Nc1ccccc1C(=O)N1CCOCC1)c1ccc(OCCOc2ccccc2)cc1. The van der Waals surface area contributed by atoms with Crippen molar-refractivity contribution in [2.24, 2.45) is 0 Å². The molecule has 33 heavy (non-hydrogen) atoms. The van der Waals surface area contributed by atoms with Crippen LogP contribution in [0.15, 0.2) is 78.9 Å². The number of benzene rings is 3. The summed E-state index contributed by atoms with van der Waals surface area (Å²) in [5, 5.41) is 2.86. The molecule has 1 saturated heterocycles. The molecule has 1 N–H and O–H groups in total. The second-order valence-corrected chi connectivity index (χ2v) is 7.44. The third-order valence-electron chi connectivity index (χ3n) is 5.18. The first-order chi connectivity index (χ1) is 16.2. The number of nitrogens with one attached hydrogen (secondary N) is 1. The van der Waals surface area contributed by atoms with Gasteiger partial charge >= 0.3 is 0 Å².